The number of pyridine rings is 1. The van der Waals surface area contributed by atoms with Gasteiger partial charge in [-0.25, -0.2) is 15.0 Å². The van der Waals surface area contributed by atoms with Gasteiger partial charge in [-0.3, -0.25) is 4.79 Å². The SMILES string of the molecule is O=C(Nc1cnc(N2CCN(c3ccccn3)CC2)nc1)c1cccc(Cl)c1. The summed E-state index contributed by atoms with van der Waals surface area (Å²) in [4.78, 5) is 29.9. The van der Waals surface area contributed by atoms with Gasteiger partial charge in [0.15, 0.2) is 0 Å². The van der Waals surface area contributed by atoms with E-state index in [2.05, 4.69) is 30.1 Å². The number of carbonyl (C=O) groups excluding carboxylic acids is 1. The molecule has 0 atom stereocenters. The fraction of sp³-hybridized carbons (Fsp3) is 0.200. The molecular weight excluding hydrogens is 376 g/mol. The molecule has 28 heavy (non-hydrogen) atoms. The molecule has 1 aromatic carbocycles. The van der Waals surface area contributed by atoms with E-state index < -0.39 is 0 Å². The van der Waals surface area contributed by atoms with Crippen LogP contribution in [0.3, 0.4) is 0 Å². The van der Waals surface area contributed by atoms with Crippen molar-refractivity contribution in [3.8, 4) is 0 Å². The Hall–Kier alpha value is -3.19. The Kier molecular flexibility index (Phi) is 5.34. The second kappa shape index (κ2) is 8.22. The second-order valence-corrected chi connectivity index (χ2v) is 6.83. The first-order chi connectivity index (χ1) is 13.7. The summed E-state index contributed by atoms with van der Waals surface area (Å²) in [7, 11) is 0. The number of benzene rings is 1. The topological polar surface area (TPSA) is 74.2 Å². The quantitative estimate of drug-likeness (QED) is 0.733. The molecule has 1 fully saturated rings. The number of amides is 1. The molecule has 8 heteroatoms. The molecule has 0 spiro atoms. The Morgan fingerprint density at radius 2 is 1.68 bits per heavy atom. The highest BCUT2D eigenvalue weighted by Crippen LogP contribution is 2.17. The first-order valence-corrected chi connectivity index (χ1v) is 9.37. The summed E-state index contributed by atoms with van der Waals surface area (Å²) in [6.07, 6.45) is 5.05. The van der Waals surface area contributed by atoms with Crippen LogP contribution in [0.1, 0.15) is 10.4 Å². The van der Waals surface area contributed by atoms with Gasteiger partial charge < -0.3 is 15.1 Å². The van der Waals surface area contributed by atoms with Crippen LogP contribution in [0, 0.1) is 0 Å². The van der Waals surface area contributed by atoms with E-state index in [9.17, 15) is 4.79 Å². The van der Waals surface area contributed by atoms with Crippen LogP contribution in [-0.2, 0) is 0 Å². The van der Waals surface area contributed by atoms with Crippen LogP contribution in [0.2, 0.25) is 5.02 Å². The van der Waals surface area contributed by atoms with Crippen LogP contribution < -0.4 is 15.1 Å². The van der Waals surface area contributed by atoms with E-state index in [4.69, 9.17) is 11.6 Å². The van der Waals surface area contributed by atoms with Crippen LogP contribution in [0.5, 0.6) is 0 Å². The Morgan fingerprint density at radius 1 is 0.929 bits per heavy atom. The summed E-state index contributed by atoms with van der Waals surface area (Å²) in [6, 6.07) is 12.7. The summed E-state index contributed by atoms with van der Waals surface area (Å²) < 4.78 is 0. The largest absolute Gasteiger partial charge is 0.353 e. The highest BCUT2D eigenvalue weighted by molar-refractivity contribution is 6.31. The normalized spacial score (nSPS) is 14.0. The first kappa shape index (κ1) is 18.2. The van der Waals surface area contributed by atoms with Crippen molar-refractivity contribution in [1.29, 1.82) is 0 Å². The predicted octanol–water partition coefficient (Wildman–Crippen LogP) is 3.10. The molecular formula is C20H19ClN6O. The molecule has 0 aliphatic carbocycles. The third kappa shape index (κ3) is 4.20. The minimum Gasteiger partial charge on any atom is -0.353 e. The van der Waals surface area contributed by atoms with Crippen LogP contribution in [-0.4, -0.2) is 47.0 Å². The molecule has 1 aliphatic heterocycles. The third-order valence-corrected chi connectivity index (χ3v) is 4.75. The molecule has 1 amide bonds. The fourth-order valence-corrected chi connectivity index (χ4v) is 3.25. The van der Waals surface area contributed by atoms with Crippen LogP contribution >= 0.6 is 11.6 Å². The highest BCUT2D eigenvalue weighted by atomic mass is 35.5. The monoisotopic (exact) mass is 394 g/mol. The molecule has 2 aromatic heterocycles. The molecule has 3 aromatic rings. The summed E-state index contributed by atoms with van der Waals surface area (Å²) in [5, 5.41) is 3.30. The first-order valence-electron chi connectivity index (χ1n) is 8.99. The standard InChI is InChI=1S/C20H19ClN6O/c21-16-5-3-4-15(12-16)19(28)25-17-13-23-20(24-14-17)27-10-8-26(9-11-27)18-6-1-2-7-22-18/h1-7,12-14H,8-11H2,(H,25,28). The zero-order valence-electron chi connectivity index (χ0n) is 15.1. The summed E-state index contributed by atoms with van der Waals surface area (Å²) in [5.74, 6) is 1.39. The lowest BCUT2D eigenvalue weighted by molar-refractivity contribution is 0.102. The number of aromatic nitrogens is 3. The number of nitrogens with one attached hydrogen (secondary N) is 1. The van der Waals surface area contributed by atoms with E-state index in [1.807, 2.05) is 18.2 Å². The number of hydrogen-bond donors (Lipinski definition) is 1. The lowest BCUT2D eigenvalue weighted by Gasteiger charge is -2.35. The Balaban J connectivity index is 1.35. The Bertz CT molecular complexity index is 942. The average Bonchev–Trinajstić information content (AvgIpc) is 2.75. The lowest BCUT2D eigenvalue weighted by Crippen LogP contribution is -2.47. The van der Waals surface area contributed by atoms with Gasteiger partial charge in [0.1, 0.15) is 5.82 Å². The number of piperazine rings is 1. The second-order valence-electron chi connectivity index (χ2n) is 6.40. The minimum absolute atomic E-state index is 0.247. The van der Waals surface area contributed by atoms with E-state index in [1.54, 1.807) is 42.9 Å². The zero-order valence-corrected chi connectivity index (χ0v) is 15.9. The number of hydrogen-bond acceptors (Lipinski definition) is 6. The summed E-state index contributed by atoms with van der Waals surface area (Å²) >= 11 is 5.93. The minimum atomic E-state index is -0.247. The van der Waals surface area contributed by atoms with Gasteiger partial charge in [-0.05, 0) is 30.3 Å². The van der Waals surface area contributed by atoms with Crippen molar-refractivity contribution in [2.45, 2.75) is 0 Å². The van der Waals surface area contributed by atoms with Gasteiger partial charge in [0.05, 0.1) is 18.1 Å². The van der Waals surface area contributed by atoms with E-state index in [-0.39, 0.29) is 5.91 Å². The van der Waals surface area contributed by atoms with Gasteiger partial charge in [-0.1, -0.05) is 23.7 Å². The van der Waals surface area contributed by atoms with E-state index in [0.717, 1.165) is 32.0 Å². The van der Waals surface area contributed by atoms with Crippen molar-refractivity contribution in [2.24, 2.45) is 0 Å². The van der Waals surface area contributed by atoms with Crippen molar-refractivity contribution < 1.29 is 4.79 Å². The van der Waals surface area contributed by atoms with Crippen molar-refractivity contribution in [3.05, 3.63) is 71.6 Å². The molecule has 142 valence electrons. The molecule has 1 N–H and O–H groups in total. The number of anilines is 3. The van der Waals surface area contributed by atoms with E-state index >= 15 is 0 Å². The maximum absolute atomic E-state index is 12.3. The maximum Gasteiger partial charge on any atom is 0.255 e. The highest BCUT2D eigenvalue weighted by Gasteiger charge is 2.19. The summed E-state index contributed by atoms with van der Waals surface area (Å²) in [5.41, 5.74) is 1.03. The van der Waals surface area contributed by atoms with Gasteiger partial charge in [0.25, 0.3) is 5.91 Å². The lowest BCUT2D eigenvalue weighted by atomic mass is 10.2. The molecule has 0 unspecified atom stereocenters. The summed E-state index contributed by atoms with van der Waals surface area (Å²) in [6.45, 7) is 3.33. The third-order valence-electron chi connectivity index (χ3n) is 4.52. The van der Waals surface area contributed by atoms with Crippen molar-refractivity contribution >= 4 is 35.0 Å². The van der Waals surface area contributed by atoms with Crippen molar-refractivity contribution in [3.63, 3.8) is 0 Å². The Labute approximate surface area is 168 Å². The van der Waals surface area contributed by atoms with Gasteiger partial charge in [0, 0.05) is 43.0 Å². The number of nitrogens with zero attached hydrogens (tertiary/aromatic N) is 5. The molecule has 1 saturated heterocycles. The molecule has 1 aliphatic rings. The number of halogens is 1. The molecule has 0 saturated carbocycles. The van der Waals surface area contributed by atoms with Gasteiger partial charge in [-0.2, -0.15) is 0 Å². The van der Waals surface area contributed by atoms with Gasteiger partial charge in [0.2, 0.25) is 5.95 Å². The molecule has 7 nitrogen and oxygen atoms in total. The fourth-order valence-electron chi connectivity index (χ4n) is 3.06. The maximum atomic E-state index is 12.3. The van der Waals surface area contributed by atoms with Crippen molar-refractivity contribution in [2.75, 3.05) is 41.3 Å². The van der Waals surface area contributed by atoms with Crippen LogP contribution in [0.4, 0.5) is 17.5 Å². The molecule has 3 heterocycles. The predicted molar refractivity (Wildman–Crippen MR) is 110 cm³/mol. The van der Waals surface area contributed by atoms with Crippen molar-refractivity contribution in [1.82, 2.24) is 15.0 Å². The average molecular weight is 395 g/mol. The molecule has 0 radical (unpaired) electrons. The molecule has 4 rings (SSSR count). The van der Waals surface area contributed by atoms with E-state index in [0.29, 0.717) is 22.2 Å². The zero-order chi connectivity index (χ0) is 19.3. The smallest absolute Gasteiger partial charge is 0.255 e. The van der Waals surface area contributed by atoms with E-state index in [1.165, 1.54) is 0 Å². The van der Waals surface area contributed by atoms with Crippen LogP contribution in [0.15, 0.2) is 61.1 Å². The van der Waals surface area contributed by atoms with Crippen LogP contribution in [0.25, 0.3) is 0 Å². The van der Waals surface area contributed by atoms with Gasteiger partial charge in [-0.15, -0.1) is 0 Å². The molecule has 0 bridgehead atoms. The Morgan fingerprint density at radius 3 is 2.36 bits per heavy atom. The number of rotatable bonds is 4. The van der Waals surface area contributed by atoms with Gasteiger partial charge >= 0.3 is 0 Å². The number of carbonyl (C=O) groups is 1.